The number of nitrogens with one attached hydrogen (secondary N) is 1. The maximum absolute atomic E-state index is 13.3. The van der Waals surface area contributed by atoms with Crippen molar-refractivity contribution in [3.8, 4) is 0 Å². The summed E-state index contributed by atoms with van der Waals surface area (Å²) in [5.74, 6) is 0.492. The zero-order valence-electron chi connectivity index (χ0n) is 26.3. The van der Waals surface area contributed by atoms with Crippen LogP contribution in [0.4, 0.5) is 15.4 Å². The van der Waals surface area contributed by atoms with Gasteiger partial charge in [0.1, 0.15) is 43.7 Å². The number of hydrogen-bond acceptors (Lipinski definition) is 19. The van der Waals surface area contributed by atoms with E-state index >= 15 is 0 Å². The second-order valence-corrected chi connectivity index (χ2v) is 12.8. The lowest BCUT2D eigenvalue weighted by Gasteiger charge is -2.20. The van der Waals surface area contributed by atoms with E-state index in [4.69, 9.17) is 58.5 Å². The van der Waals surface area contributed by atoms with E-state index in [0.29, 0.717) is 11.2 Å². The molecule has 0 amide bonds. The van der Waals surface area contributed by atoms with Crippen molar-refractivity contribution in [1.29, 1.82) is 0 Å². The number of nitrogens with zero attached hydrogens (tertiary/aromatic N) is 4. The molecule has 0 radical (unpaired) electrons. The highest BCUT2D eigenvalue weighted by Crippen LogP contribution is 2.48. The standard InChI is InChI=1S/C26H39ClN5O15P/c1-38-7-9-41-25(35)43-13-45-48(37,46-14-44-26(36)42-10-8-39-2)15-40-12-18-19(33)20(34)23(47-18)32-22-17(11-28-32)21(30-24(27)31-22)29-16-5-3-4-6-16/h11,16,18-20,23,33-34H,3-10,12-15H2,1-2H3,(H,29,30,31)/t18?,19-,20-,23-/m1/s1. The van der Waals surface area contributed by atoms with E-state index in [0.717, 1.165) is 25.7 Å². The average molecular weight is 728 g/mol. The molecular formula is C26H39ClN5O15P. The monoisotopic (exact) mass is 727 g/mol. The average Bonchev–Trinajstić information content (AvgIpc) is 3.78. The molecule has 1 aliphatic heterocycles. The number of rotatable bonds is 19. The van der Waals surface area contributed by atoms with Crippen LogP contribution in [-0.4, -0.2) is 134 Å². The highest BCUT2D eigenvalue weighted by atomic mass is 35.5. The number of anilines is 1. The molecule has 0 aromatic carbocycles. The molecule has 2 aliphatic rings. The van der Waals surface area contributed by atoms with Crippen LogP contribution in [0.1, 0.15) is 31.9 Å². The number of methoxy groups -OCH3 is 2. The number of carbonyl (C=O) groups excluding carboxylic acids is 2. The summed E-state index contributed by atoms with van der Waals surface area (Å²) in [5, 5.41) is 29.8. The number of aromatic nitrogens is 4. The zero-order chi connectivity index (χ0) is 34.5. The Hall–Kier alpha value is -2.91. The third kappa shape index (κ3) is 10.8. The minimum absolute atomic E-state index is 0.0483. The molecule has 1 aliphatic carbocycles. The lowest BCUT2D eigenvalue weighted by atomic mass is 10.1. The van der Waals surface area contributed by atoms with E-state index in [2.05, 4.69) is 20.4 Å². The predicted octanol–water partition coefficient (Wildman–Crippen LogP) is 2.17. The summed E-state index contributed by atoms with van der Waals surface area (Å²) >= 11 is 6.21. The van der Waals surface area contributed by atoms with Gasteiger partial charge in [0.15, 0.2) is 11.9 Å². The Morgan fingerprint density at radius 3 is 2.21 bits per heavy atom. The van der Waals surface area contributed by atoms with Gasteiger partial charge in [0.25, 0.3) is 0 Å². The molecule has 2 aromatic rings. The molecule has 4 rings (SSSR count). The fourth-order valence-electron chi connectivity index (χ4n) is 4.73. The Kier molecular flexibility index (Phi) is 14.8. The van der Waals surface area contributed by atoms with Crippen LogP contribution in [0.5, 0.6) is 0 Å². The Morgan fingerprint density at radius 1 is 0.979 bits per heavy atom. The Bertz CT molecular complexity index is 1350. The molecule has 270 valence electrons. The van der Waals surface area contributed by atoms with E-state index in [-0.39, 0.29) is 43.4 Å². The third-order valence-corrected chi connectivity index (χ3v) is 8.76. The first-order chi connectivity index (χ1) is 23.1. The number of hydrogen-bond donors (Lipinski definition) is 3. The number of carbonyl (C=O) groups is 2. The van der Waals surface area contributed by atoms with Gasteiger partial charge in [-0.2, -0.15) is 15.1 Å². The normalized spacial score (nSPS) is 21.4. The summed E-state index contributed by atoms with van der Waals surface area (Å²) < 4.78 is 64.5. The quantitative estimate of drug-likeness (QED) is 0.0617. The van der Waals surface area contributed by atoms with Gasteiger partial charge in [0.05, 0.1) is 31.4 Å². The van der Waals surface area contributed by atoms with E-state index in [1.54, 1.807) is 0 Å². The lowest BCUT2D eigenvalue weighted by molar-refractivity contribution is -0.0689. The Balaban J connectivity index is 1.35. The van der Waals surface area contributed by atoms with E-state index < -0.39 is 71.0 Å². The van der Waals surface area contributed by atoms with Crippen molar-refractivity contribution in [1.82, 2.24) is 19.7 Å². The molecule has 22 heteroatoms. The molecule has 1 unspecified atom stereocenters. The van der Waals surface area contributed by atoms with Gasteiger partial charge in [-0.1, -0.05) is 12.8 Å². The largest absolute Gasteiger partial charge is 0.510 e. The summed E-state index contributed by atoms with van der Waals surface area (Å²) in [6, 6.07) is 0.227. The second kappa shape index (κ2) is 18.7. The molecule has 1 saturated carbocycles. The van der Waals surface area contributed by atoms with Gasteiger partial charge in [-0.3, -0.25) is 13.6 Å². The maximum atomic E-state index is 13.3. The topological polar surface area (TPSA) is 240 Å². The van der Waals surface area contributed by atoms with E-state index in [1.807, 2.05) is 0 Å². The summed E-state index contributed by atoms with van der Waals surface area (Å²) in [6.45, 7) is -2.17. The van der Waals surface area contributed by atoms with Gasteiger partial charge in [-0.25, -0.2) is 14.3 Å². The number of fused-ring (bicyclic) bond motifs is 1. The van der Waals surface area contributed by atoms with Crippen LogP contribution in [0, 0.1) is 0 Å². The first kappa shape index (κ1) is 37.9. The first-order valence-electron chi connectivity index (χ1n) is 14.9. The fourth-order valence-corrected chi connectivity index (χ4v) is 5.87. The minimum atomic E-state index is -4.30. The van der Waals surface area contributed by atoms with Crippen molar-refractivity contribution in [2.75, 3.05) is 72.5 Å². The number of aliphatic hydroxyl groups is 2. The summed E-state index contributed by atoms with van der Waals surface area (Å²) in [5.41, 5.74) is 0.265. The van der Waals surface area contributed by atoms with Crippen LogP contribution < -0.4 is 5.32 Å². The predicted molar refractivity (Wildman–Crippen MR) is 161 cm³/mol. The van der Waals surface area contributed by atoms with Crippen molar-refractivity contribution < 1.29 is 71.3 Å². The van der Waals surface area contributed by atoms with E-state index in [9.17, 15) is 24.4 Å². The molecule has 2 fully saturated rings. The van der Waals surface area contributed by atoms with Gasteiger partial charge in [0.2, 0.25) is 18.9 Å². The highest BCUT2D eigenvalue weighted by Gasteiger charge is 2.45. The van der Waals surface area contributed by atoms with Crippen LogP contribution in [0.15, 0.2) is 6.20 Å². The minimum Gasteiger partial charge on any atom is -0.432 e. The van der Waals surface area contributed by atoms with Gasteiger partial charge in [0, 0.05) is 20.3 Å². The van der Waals surface area contributed by atoms with Crippen LogP contribution in [0.3, 0.4) is 0 Å². The van der Waals surface area contributed by atoms with Gasteiger partial charge in [-0.05, 0) is 24.4 Å². The van der Waals surface area contributed by atoms with Crippen LogP contribution >= 0.6 is 19.2 Å². The third-order valence-electron chi connectivity index (χ3n) is 7.10. The Labute approximate surface area is 279 Å². The molecule has 48 heavy (non-hydrogen) atoms. The van der Waals surface area contributed by atoms with Crippen molar-refractivity contribution in [3.05, 3.63) is 11.5 Å². The lowest BCUT2D eigenvalue weighted by Crippen LogP contribution is -2.34. The zero-order valence-corrected chi connectivity index (χ0v) is 27.9. The summed E-state index contributed by atoms with van der Waals surface area (Å²) in [7, 11) is -1.48. The summed E-state index contributed by atoms with van der Waals surface area (Å²) in [6.07, 6.45) is -2.68. The van der Waals surface area contributed by atoms with Crippen LogP contribution in [0.2, 0.25) is 5.28 Å². The first-order valence-corrected chi connectivity index (χ1v) is 17.0. The van der Waals surface area contributed by atoms with Crippen LogP contribution in [0.25, 0.3) is 11.0 Å². The Morgan fingerprint density at radius 2 is 1.60 bits per heavy atom. The van der Waals surface area contributed by atoms with Crippen molar-refractivity contribution in [2.24, 2.45) is 0 Å². The molecule has 0 spiro atoms. The van der Waals surface area contributed by atoms with Crippen molar-refractivity contribution in [2.45, 2.75) is 56.3 Å². The number of halogens is 1. The number of aliphatic hydroxyl groups excluding tert-OH is 2. The maximum Gasteiger partial charge on any atom is 0.510 e. The highest BCUT2D eigenvalue weighted by molar-refractivity contribution is 7.53. The molecule has 1 saturated heterocycles. The molecular weight excluding hydrogens is 689 g/mol. The van der Waals surface area contributed by atoms with E-state index in [1.165, 1.54) is 25.1 Å². The molecule has 3 N–H and O–H groups in total. The second-order valence-electron chi connectivity index (χ2n) is 10.4. The van der Waals surface area contributed by atoms with Crippen molar-refractivity contribution in [3.63, 3.8) is 0 Å². The van der Waals surface area contributed by atoms with Gasteiger partial charge < -0.3 is 53.4 Å². The summed E-state index contributed by atoms with van der Waals surface area (Å²) in [4.78, 5) is 31.9. The number of ether oxygens (including phenoxy) is 8. The van der Waals surface area contributed by atoms with Gasteiger partial charge >= 0.3 is 19.9 Å². The van der Waals surface area contributed by atoms with Gasteiger partial charge in [-0.15, -0.1) is 0 Å². The molecule has 20 nitrogen and oxygen atoms in total. The molecule has 0 bridgehead atoms. The fraction of sp³-hybridized carbons (Fsp3) is 0.731. The van der Waals surface area contributed by atoms with Crippen molar-refractivity contribution >= 4 is 48.4 Å². The molecule has 2 aromatic heterocycles. The van der Waals surface area contributed by atoms with Crippen LogP contribution in [-0.2, 0) is 51.5 Å². The molecule has 4 atom stereocenters. The smallest absolute Gasteiger partial charge is 0.432 e. The SMILES string of the molecule is COCCOC(=O)OCOP(=O)(COCC1O[C@@H](n2ncc3c(NC4CCCC4)nc(Cl)nc32)[C@H](O)[C@@H]1O)OCOC(=O)OCCOC. The molecule has 3 heterocycles.